The van der Waals surface area contributed by atoms with E-state index in [1.54, 1.807) is 6.08 Å². The zero-order valence-corrected chi connectivity index (χ0v) is 8.14. The number of allylic oxidation sites excluding steroid dienone is 1. The maximum atomic E-state index is 11.3. The molecule has 0 radical (unpaired) electrons. The Balaban J connectivity index is 4.26. The van der Waals surface area contributed by atoms with E-state index in [1.807, 2.05) is 0 Å². The molecule has 0 fully saturated rings. The number of carbonyl (C=O) groups is 2. The van der Waals surface area contributed by atoms with Crippen molar-refractivity contribution in [2.75, 3.05) is 13.7 Å². The summed E-state index contributed by atoms with van der Waals surface area (Å²) < 4.78 is 0. The van der Waals surface area contributed by atoms with Crippen LogP contribution in [0.1, 0.15) is 12.8 Å². The molecule has 0 saturated carbocycles. The minimum absolute atomic E-state index is 0.212. The van der Waals surface area contributed by atoms with Gasteiger partial charge in [0.1, 0.15) is 0 Å². The summed E-state index contributed by atoms with van der Waals surface area (Å²) in [4.78, 5) is 22.9. The molecule has 1 amide bonds. The third-order valence-corrected chi connectivity index (χ3v) is 1.88. The van der Waals surface area contributed by atoms with Crippen LogP contribution in [0.15, 0.2) is 12.7 Å². The van der Waals surface area contributed by atoms with Gasteiger partial charge in [-0.25, -0.2) is 4.79 Å². The van der Waals surface area contributed by atoms with Crippen molar-refractivity contribution in [3.63, 3.8) is 0 Å². The standard InChI is InChI=1S/C9H15NO4/c1-3-4-5-8(12)10(2)7(6-11)9(13)14/h3,7,11H,1,4-6H2,2H3,(H,13,14). The summed E-state index contributed by atoms with van der Waals surface area (Å²) in [7, 11) is 1.36. The lowest BCUT2D eigenvalue weighted by molar-refractivity contribution is -0.150. The number of hydrogen-bond acceptors (Lipinski definition) is 3. The zero-order chi connectivity index (χ0) is 11.1. The number of hydrogen-bond donors (Lipinski definition) is 2. The third kappa shape index (κ3) is 3.57. The van der Waals surface area contributed by atoms with Crippen LogP contribution in [-0.2, 0) is 9.59 Å². The lowest BCUT2D eigenvalue weighted by Gasteiger charge is -2.22. The molecule has 5 heteroatoms. The predicted molar refractivity (Wildman–Crippen MR) is 50.7 cm³/mol. The van der Waals surface area contributed by atoms with E-state index in [1.165, 1.54) is 7.05 Å². The Morgan fingerprint density at radius 3 is 2.50 bits per heavy atom. The van der Waals surface area contributed by atoms with Crippen molar-refractivity contribution in [2.45, 2.75) is 18.9 Å². The van der Waals surface area contributed by atoms with Gasteiger partial charge in [0, 0.05) is 13.5 Å². The predicted octanol–water partition coefficient (Wildman–Crippen LogP) is -0.144. The molecule has 0 spiro atoms. The van der Waals surface area contributed by atoms with Crippen LogP contribution in [0.4, 0.5) is 0 Å². The molecule has 0 aliphatic rings. The molecule has 0 saturated heterocycles. The highest BCUT2D eigenvalue weighted by molar-refractivity contribution is 5.83. The summed E-state index contributed by atoms with van der Waals surface area (Å²) in [6.07, 6.45) is 2.30. The minimum atomic E-state index is -1.21. The van der Waals surface area contributed by atoms with Gasteiger partial charge >= 0.3 is 5.97 Å². The fourth-order valence-electron chi connectivity index (χ4n) is 0.942. The monoisotopic (exact) mass is 201 g/mol. The van der Waals surface area contributed by atoms with Crippen LogP contribution < -0.4 is 0 Å². The number of aliphatic carboxylic acids is 1. The molecule has 2 N–H and O–H groups in total. The molecule has 1 atom stereocenters. The molecule has 0 aromatic carbocycles. The Kier molecular flexibility index (Phi) is 5.55. The molecule has 0 rings (SSSR count). The van der Waals surface area contributed by atoms with Gasteiger partial charge in [-0.3, -0.25) is 4.79 Å². The van der Waals surface area contributed by atoms with E-state index < -0.39 is 18.6 Å². The van der Waals surface area contributed by atoms with Gasteiger partial charge in [0.05, 0.1) is 6.61 Å². The van der Waals surface area contributed by atoms with Crippen LogP contribution in [-0.4, -0.2) is 46.7 Å². The molecule has 14 heavy (non-hydrogen) atoms. The second-order valence-corrected chi connectivity index (χ2v) is 2.87. The van der Waals surface area contributed by atoms with Crippen LogP contribution in [0.2, 0.25) is 0 Å². The van der Waals surface area contributed by atoms with Crippen molar-refractivity contribution in [1.29, 1.82) is 0 Å². The number of likely N-dealkylation sites (N-methyl/N-ethyl adjacent to an activating group) is 1. The quantitative estimate of drug-likeness (QED) is 0.586. The molecular weight excluding hydrogens is 186 g/mol. The molecule has 0 aromatic heterocycles. The van der Waals surface area contributed by atoms with Crippen LogP contribution in [0.5, 0.6) is 0 Å². The van der Waals surface area contributed by atoms with Crippen LogP contribution in [0.3, 0.4) is 0 Å². The van der Waals surface area contributed by atoms with Gasteiger partial charge in [-0.05, 0) is 6.42 Å². The fourth-order valence-corrected chi connectivity index (χ4v) is 0.942. The first-order chi connectivity index (χ1) is 6.54. The summed E-state index contributed by atoms with van der Waals surface area (Å²) in [5, 5.41) is 17.4. The Morgan fingerprint density at radius 2 is 2.14 bits per heavy atom. The van der Waals surface area contributed by atoms with Crippen LogP contribution in [0, 0.1) is 0 Å². The van der Waals surface area contributed by atoms with Crippen molar-refractivity contribution < 1.29 is 19.8 Å². The van der Waals surface area contributed by atoms with Gasteiger partial charge in [0.15, 0.2) is 6.04 Å². The number of amides is 1. The van der Waals surface area contributed by atoms with Gasteiger partial charge in [-0.15, -0.1) is 6.58 Å². The van der Waals surface area contributed by atoms with Gasteiger partial charge < -0.3 is 15.1 Å². The highest BCUT2D eigenvalue weighted by Gasteiger charge is 2.24. The highest BCUT2D eigenvalue weighted by atomic mass is 16.4. The number of carbonyl (C=O) groups excluding carboxylic acids is 1. The van der Waals surface area contributed by atoms with E-state index in [2.05, 4.69) is 6.58 Å². The number of rotatable bonds is 6. The number of aliphatic hydroxyl groups is 1. The number of carboxylic acids is 1. The molecule has 0 bridgehead atoms. The lowest BCUT2D eigenvalue weighted by Crippen LogP contribution is -2.44. The molecule has 1 unspecified atom stereocenters. The maximum Gasteiger partial charge on any atom is 0.328 e. The molecule has 0 aliphatic carbocycles. The highest BCUT2D eigenvalue weighted by Crippen LogP contribution is 2.02. The number of nitrogens with zero attached hydrogens (tertiary/aromatic N) is 1. The summed E-state index contributed by atoms with van der Waals surface area (Å²) in [6.45, 7) is 2.88. The van der Waals surface area contributed by atoms with Crippen molar-refractivity contribution in [2.24, 2.45) is 0 Å². The largest absolute Gasteiger partial charge is 0.480 e. The fraction of sp³-hybridized carbons (Fsp3) is 0.556. The van der Waals surface area contributed by atoms with Crippen molar-refractivity contribution in [1.82, 2.24) is 4.90 Å². The van der Waals surface area contributed by atoms with Crippen molar-refractivity contribution in [3.05, 3.63) is 12.7 Å². The van der Waals surface area contributed by atoms with Gasteiger partial charge in [0.2, 0.25) is 5.91 Å². The smallest absolute Gasteiger partial charge is 0.328 e. The SMILES string of the molecule is C=CCCC(=O)N(C)C(CO)C(=O)O. The maximum absolute atomic E-state index is 11.3. The average molecular weight is 201 g/mol. The summed E-state index contributed by atoms with van der Waals surface area (Å²) in [5.41, 5.74) is 0. The Hall–Kier alpha value is -1.36. The molecule has 5 nitrogen and oxygen atoms in total. The van der Waals surface area contributed by atoms with Crippen molar-refractivity contribution >= 4 is 11.9 Å². The number of carboxylic acid groups (broad SMARTS) is 1. The van der Waals surface area contributed by atoms with E-state index >= 15 is 0 Å². The van der Waals surface area contributed by atoms with E-state index in [0.29, 0.717) is 6.42 Å². The lowest BCUT2D eigenvalue weighted by atomic mass is 10.2. The molecule has 0 aromatic rings. The van der Waals surface area contributed by atoms with E-state index in [9.17, 15) is 9.59 Å². The van der Waals surface area contributed by atoms with Gasteiger partial charge in [0.25, 0.3) is 0 Å². The van der Waals surface area contributed by atoms with Crippen molar-refractivity contribution in [3.8, 4) is 0 Å². The third-order valence-electron chi connectivity index (χ3n) is 1.88. The first-order valence-electron chi connectivity index (χ1n) is 4.24. The second-order valence-electron chi connectivity index (χ2n) is 2.87. The summed E-state index contributed by atoms with van der Waals surface area (Å²) in [6, 6.07) is -1.16. The summed E-state index contributed by atoms with van der Waals surface area (Å²) in [5.74, 6) is -1.52. The topological polar surface area (TPSA) is 77.8 Å². The minimum Gasteiger partial charge on any atom is -0.480 e. The average Bonchev–Trinajstić information content (AvgIpc) is 2.14. The Labute approximate surface area is 82.6 Å². The molecule has 0 heterocycles. The van der Waals surface area contributed by atoms with E-state index in [4.69, 9.17) is 10.2 Å². The first-order valence-corrected chi connectivity index (χ1v) is 4.24. The van der Waals surface area contributed by atoms with Gasteiger partial charge in [-0.1, -0.05) is 6.08 Å². The normalized spacial score (nSPS) is 11.9. The van der Waals surface area contributed by atoms with E-state index in [0.717, 1.165) is 4.90 Å². The van der Waals surface area contributed by atoms with Crippen LogP contribution in [0.25, 0.3) is 0 Å². The van der Waals surface area contributed by atoms with Crippen LogP contribution >= 0.6 is 0 Å². The zero-order valence-electron chi connectivity index (χ0n) is 8.14. The molecule has 80 valence electrons. The van der Waals surface area contributed by atoms with Gasteiger partial charge in [-0.2, -0.15) is 0 Å². The second kappa shape index (κ2) is 6.15. The first kappa shape index (κ1) is 12.6. The summed E-state index contributed by atoms with van der Waals surface area (Å²) >= 11 is 0. The Bertz CT molecular complexity index is 227. The molecule has 0 aliphatic heterocycles. The Morgan fingerprint density at radius 1 is 1.57 bits per heavy atom. The van der Waals surface area contributed by atoms with E-state index in [-0.39, 0.29) is 12.3 Å². The number of aliphatic hydroxyl groups excluding tert-OH is 1. The molecular formula is C9H15NO4.